The summed E-state index contributed by atoms with van der Waals surface area (Å²) in [6.07, 6.45) is -78.8. The molecule has 41 atom stereocenters. The first-order valence-corrected chi connectivity index (χ1v) is 32.5. The fourth-order valence-electron chi connectivity index (χ4n) is 13.3. The zero-order valence-corrected chi connectivity index (χ0v) is 55.1. The van der Waals surface area contributed by atoms with Crippen LogP contribution in [0.5, 0.6) is 0 Å². The molecule has 0 saturated carbocycles. The quantitative estimate of drug-likeness (QED) is 0.0382. The lowest BCUT2D eigenvalue weighted by atomic mass is 9.88. The Kier molecular flexibility index (Phi) is 29.3. The molecule has 8 heterocycles. The molecule has 0 aromatic heterocycles. The summed E-state index contributed by atoms with van der Waals surface area (Å²) in [7, 11) is 0. The Balaban J connectivity index is 1.15. The van der Waals surface area contributed by atoms with Gasteiger partial charge in [0.05, 0.1) is 64.0 Å². The van der Waals surface area contributed by atoms with E-state index < -0.39 is 321 Å². The average Bonchev–Trinajstić information content (AvgIpc) is 0.758. The number of rotatable bonds is 26. The minimum atomic E-state index is -3.32. The summed E-state index contributed by atoms with van der Waals surface area (Å²) < 4.78 is 89.3. The van der Waals surface area contributed by atoms with Gasteiger partial charge in [0.25, 0.3) is 5.79 Å². The van der Waals surface area contributed by atoms with Crippen molar-refractivity contribution >= 4 is 23.7 Å². The first-order chi connectivity index (χ1) is 48.0. The second-order valence-corrected chi connectivity index (χ2v) is 26.0. The van der Waals surface area contributed by atoms with Crippen molar-refractivity contribution in [3.8, 4) is 0 Å². The van der Waals surface area contributed by atoms with Gasteiger partial charge in [-0.25, -0.2) is 4.79 Å². The van der Waals surface area contributed by atoms with Crippen LogP contribution in [-0.2, 0) is 90.2 Å². The first-order valence-electron chi connectivity index (χ1n) is 32.5. The fraction of sp³-hybridized carbons (Fsp3) is 0.930. The summed E-state index contributed by atoms with van der Waals surface area (Å²) in [6.45, 7) is -1.81. The summed E-state index contributed by atoms with van der Waals surface area (Å²) in [5, 5.41) is 261. The van der Waals surface area contributed by atoms with Crippen LogP contribution in [0.25, 0.3) is 0 Å². The number of carbonyl (C=O) groups is 4. The number of aliphatic carboxylic acids is 1. The molecule has 8 saturated heterocycles. The molecule has 0 bridgehead atoms. The summed E-state index contributed by atoms with van der Waals surface area (Å²) in [6, 6.07) is -5.75. The Morgan fingerprint density at radius 1 is 0.402 bits per heavy atom. The Bertz CT molecular complexity index is 2710. The Hall–Kier alpha value is -3.60. The Morgan fingerprint density at radius 3 is 1.14 bits per heavy atom. The van der Waals surface area contributed by atoms with E-state index in [4.69, 9.17) is 71.1 Å². The van der Waals surface area contributed by atoms with Crippen molar-refractivity contribution in [2.75, 3.05) is 39.6 Å². The smallest absolute Gasteiger partial charge is 0.364 e. The SMILES string of the molecule is CC(=O)N[C@H]1[C@H](O[C@H]2[C@@H](O)[C@@H](CO)O[C@@H](O[C@H]3[C@H](O[C@@H]4O[C@@H](C)[C@@H](O)[C@@H](O)[C@@H]4O)[C@@H](NC(C)=O)[C@H](O[C@H]4[C@@H](O)[C@@H](CO)OC(O)[C@@H]4O)O[C@@H]3CO)[C@@H]2O)O[C@H](CO)[C@@H](O[C@@H]2O[C@H](CO)[C@H](O)[C@H](O[C@]3(C(=O)O)C[C@H](O)[C@@H](NC(C)=O)[C@H]([C@H](O)[C@H](O)CO)O3)[C@H]2O)[C@@H]1O[C@@H]1O[C@@H](C)[C@@H](O)[C@@H](O)[C@@H]1O. The van der Waals surface area contributed by atoms with E-state index in [1.165, 1.54) is 13.8 Å². The number of amides is 3. The molecule has 0 aromatic rings. The zero-order valence-electron chi connectivity index (χ0n) is 55.1. The average molecular weight is 1490 g/mol. The standard InChI is InChI=1S/C57H95N3O42/c1-13-28(72)34(78)36(80)52(88-13)97-44-26(59-16(4)68)50(99-46-31(75)20(8-62)90-49(85)38(46)82)93-23(11-65)41(44)95-54-39(83)47(32(76)21(9-63)91-54)100-51-27(60-17(5)69)45(98-53-37(81)35(79)29(73)14(2)89-53)42(24(12-66)94-51)96-55-40(84)48(33(77)22(10-64)92-55)102-57(56(86)87)6-18(70)25(58-15(3)67)43(101-57)30(74)19(71)7-61/h13-14,18-55,61-66,70-85H,6-12H2,1-5H3,(H,58,67)(H,59,68)(H,60,69)(H,86,87)/t13-,14-,18-,19+,20+,21+,22+,23+,24+,25+,26+,27+,28+,29+,30+,31-,32-,33-,34+,35+,36-,37-,38+,39+,40+,41+,42+,43+,44+,45+,46-,47-,48-,49?,50-,51-,52-,53-,54-,55-,57-/m0/s1. The lowest BCUT2D eigenvalue weighted by Gasteiger charge is -2.53. The van der Waals surface area contributed by atoms with Gasteiger partial charge in [-0.15, -0.1) is 0 Å². The third kappa shape index (κ3) is 17.9. The van der Waals surface area contributed by atoms with Crippen molar-refractivity contribution in [2.24, 2.45) is 0 Å². The fourth-order valence-corrected chi connectivity index (χ4v) is 13.3. The third-order valence-electron chi connectivity index (χ3n) is 18.8. The van der Waals surface area contributed by atoms with Crippen LogP contribution in [0.4, 0.5) is 0 Å². The Morgan fingerprint density at radius 2 is 0.745 bits per heavy atom. The molecule has 3 amide bonds. The Labute approximate surface area is 577 Å². The van der Waals surface area contributed by atoms with Gasteiger partial charge in [0, 0.05) is 27.2 Å². The lowest BCUT2D eigenvalue weighted by Crippen LogP contribution is -2.72. The third-order valence-corrected chi connectivity index (χ3v) is 18.8. The normalized spacial score (nSPS) is 48.7. The van der Waals surface area contributed by atoms with Crippen LogP contribution in [0.3, 0.4) is 0 Å². The van der Waals surface area contributed by atoms with Crippen molar-refractivity contribution in [3.05, 3.63) is 0 Å². The second kappa shape index (κ2) is 35.6. The van der Waals surface area contributed by atoms with Crippen molar-refractivity contribution in [3.63, 3.8) is 0 Å². The maximum atomic E-state index is 13.5. The van der Waals surface area contributed by atoms with Crippen LogP contribution in [0, 0.1) is 0 Å². The van der Waals surface area contributed by atoms with E-state index in [1.807, 2.05) is 0 Å². The van der Waals surface area contributed by atoms with E-state index in [2.05, 4.69) is 16.0 Å². The molecular formula is C57H95N3O42. The first kappa shape index (κ1) is 84.0. The van der Waals surface area contributed by atoms with Gasteiger partial charge >= 0.3 is 5.97 Å². The minimum Gasteiger partial charge on any atom is -0.477 e. The lowest BCUT2D eigenvalue weighted by molar-refractivity contribution is -0.402. The van der Waals surface area contributed by atoms with Crippen molar-refractivity contribution in [1.82, 2.24) is 16.0 Å². The molecule has 45 heteroatoms. The van der Waals surface area contributed by atoms with Gasteiger partial charge in [0.1, 0.15) is 177 Å². The number of hydrogen-bond acceptors (Lipinski definition) is 41. The van der Waals surface area contributed by atoms with Crippen molar-refractivity contribution < 1.29 is 208 Å². The predicted octanol–water partition coefficient (Wildman–Crippen LogP) is -16.8. The van der Waals surface area contributed by atoms with Crippen LogP contribution in [0.1, 0.15) is 41.0 Å². The highest BCUT2D eigenvalue weighted by Gasteiger charge is 2.63. The van der Waals surface area contributed by atoms with E-state index in [0.717, 1.165) is 20.8 Å². The van der Waals surface area contributed by atoms with Gasteiger partial charge in [-0.1, -0.05) is 0 Å². The molecule has 0 radical (unpaired) electrons. The number of hydrogen-bond donors (Lipinski definition) is 26. The van der Waals surface area contributed by atoms with Crippen molar-refractivity contribution in [1.29, 1.82) is 0 Å². The number of aliphatic hydroxyl groups excluding tert-OH is 22. The van der Waals surface area contributed by atoms with Gasteiger partial charge in [0.15, 0.2) is 44.0 Å². The van der Waals surface area contributed by atoms with E-state index >= 15 is 0 Å². The molecular weight excluding hydrogens is 1400 g/mol. The molecule has 45 nitrogen and oxygen atoms in total. The second-order valence-electron chi connectivity index (χ2n) is 26.0. The maximum absolute atomic E-state index is 13.5. The molecule has 590 valence electrons. The molecule has 8 aliphatic heterocycles. The number of ether oxygens (including phenoxy) is 15. The zero-order chi connectivity index (χ0) is 75.6. The van der Waals surface area contributed by atoms with Crippen LogP contribution >= 0.6 is 0 Å². The molecule has 1 unspecified atom stereocenters. The van der Waals surface area contributed by atoms with Gasteiger partial charge < -0.3 is 204 Å². The summed E-state index contributed by atoms with van der Waals surface area (Å²) in [5.41, 5.74) is 0. The van der Waals surface area contributed by atoms with Crippen LogP contribution in [0.2, 0.25) is 0 Å². The van der Waals surface area contributed by atoms with Gasteiger partial charge in [-0.3, -0.25) is 14.4 Å². The van der Waals surface area contributed by atoms with Gasteiger partial charge in [0.2, 0.25) is 17.7 Å². The maximum Gasteiger partial charge on any atom is 0.364 e. The van der Waals surface area contributed by atoms with E-state index in [-0.39, 0.29) is 0 Å². The number of carbonyl (C=O) groups excluding carboxylic acids is 3. The molecule has 8 rings (SSSR count). The van der Waals surface area contributed by atoms with E-state index in [1.54, 1.807) is 0 Å². The van der Waals surface area contributed by atoms with Crippen LogP contribution in [-0.4, -0.2) is 432 Å². The number of aliphatic hydroxyl groups is 22. The summed E-state index contributed by atoms with van der Waals surface area (Å²) in [5.74, 6) is -8.33. The molecule has 8 fully saturated rings. The molecule has 8 aliphatic rings. The summed E-state index contributed by atoms with van der Waals surface area (Å²) >= 11 is 0. The molecule has 0 spiro atoms. The number of nitrogens with one attached hydrogen (secondary N) is 3. The van der Waals surface area contributed by atoms with E-state index in [0.29, 0.717) is 0 Å². The molecule has 0 aromatic carbocycles. The highest BCUT2D eigenvalue weighted by molar-refractivity contribution is 5.77. The monoisotopic (exact) mass is 1490 g/mol. The van der Waals surface area contributed by atoms with Gasteiger partial charge in [-0.05, 0) is 13.8 Å². The number of carboxylic acid groups (broad SMARTS) is 1. The van der Waals surface area contributed by atoms with Crippen molar-refractivity contribution in [2.45, 2.75) is 292 Å². The van der Waals surface area contributed by atoms with Crippen LogP contribution in [0.15, 0.2) is 0 Å². The topological polar surface area (TPSA) is 708 Å². The number of carboxylic acids is 1. The molecule has 0 aliphatic carbocycles. The largest absolute Gasteiger partial charge is 0.477 e. The minimum absolute atomic E-state index is 0.874. The van der Waals surface area contributed by atoms with Crippen LogP contribution < -0.4 is 16.0 Å². The molecule has 26 N–H and O–H groups in total. The predicted molar refractivity (Wildman–Crippen MR) is 314 cm³/mol. The highest BCUT2D eigenvalue weighted by atomic mass is 16.8. The highest BCUT2D eigenvalue weighted by Crippen LogP contribution is 2.42. The summed E-state index contributed by atoms with van der Waals surface area (Å²) in [4.78, 5) is 52.3. The molecule has 102 heavy (non-hydrogen) atoms. The van der Waals surface area contributed by atoms with Gasteiger partial charge in [-0.2, -0.15) is 0 Å². The van der Waals surface area contributed by atoms with E-state index in [9.17, 15) is 137 Å².